The van der Waals surface area contributed by atoms with E-state index in [4.69, 9.17) is 11.6 Å². The van der Waals surface area contributed by atoms with E-state index < -0.39 is 0 Å². The van der Waals surface area contributed by atoms with Crippen LogP contribution in [0.3, 0.4) is 0 Å². The molecule has 0 fully saturated rings. The molecule has 0 aliphatic carbocycles. The van der Waals surface area contributed by atoms with E-state index in [2.05, 4.69) is 48.5 Å². The first-order chi connectivity index (χ1) is 9.65. The number of rotatable bonds is 6. The molecule has 1 aromatic carbocycles. The minimum Gasteiger partial charge on any atom is -0.308 e. The third-order valence-electron chi connectivity index (χ3n) is 3.67. The smallest absolute Gasteiger partial charge is 0.0834 e. The zero-order valence-electron chi connectivity index (χ0n) is 12.3. The molecular formula is C16H22ClN3. The molecule has 0 aliphatic heterocycles. The van der Waals surface area contributed by atoms with Gasteiger partial charge in [0.05, 0.1) is 23.0 Å². The quantitative estimate of drug-likeness (QED) is 0.874. The molecule has 1 aromatic heterocycles. The highest BCUT2D eigenvalue weighted by atomic mass is 35.5. The van der Waals surface area contributed by atoms with Crippen LogP contribution in [0, 0.1) is 0 Å². The zero-order valence-corrected chi connectivity index (χ0v) is 13.1. The normalized spacial score (nSPS) is 14.2. The fourth-order valence-electron chi connectivity index (χ4n) is 2.53. The summed E-state index contributed by atoms with van der Waals surface area (Å²) in [7, 11) is 1.94. The second kappa shape index (κ2) is 6.91. The highest BCUT2D eigenvalue weighted by molar-refractivity contribution is 6.31. The molecule has 108 valence electrons. The Morgan fingerprint density at radius 2 is 2.00 bits per heavy atom. The van der Waals surface area contributed by atoms with Crippen molar-refractivity contribution in [3.05, 3.63) is 52.8 Å². The Kier molecular flexibility index (Phi) is 5.21. The molecule has 20 heavy (non-hydrogen) atoms. The van der Waals surface area contributed by atoms with Crippen LogP contribution >= 0.6 is 11.6 Å². The number of nitrogens with zero attached hydrogens (tertiary/aromatic N) is 2. The van der Waals surface area contributed by atoms with Crippen LogP contribution < -0.4 is 5.32 Å². The molecule has 2 aromatic rings. The maximum Gasteiger partial charge on any atom is 0.0834 e. The van der Waals surface area contributed by atoms with E-state index in [1.165, 1.54) is 5.56 Å². The van der Waals surface area contributed by atoms with Crippen molar-refractivity contribution in [2.24, 2.45) is 7.05 Å². The average Bonchev–Trinajstić information content (AvgIpc) is 2.80. The largest absolute Gasteiger partial charge is 0.308 e. The van der Waals surface area contributed by atoms with Crippen LogP contribution in [-0.2, 0) is 7.05 Å². The molecule has 3 nitrogen and oxygen atoms in total. The molecular weight excluding hydrogens is 270 g/mol. The van der Waals surface area contributed by atoms with Crippen LogP contribution in [0.15, 0.2) is 36.5 Å². The average molecular weight is 292 g/mol. The van der Waals surface area contributed by atoms with Crippen LogP contribution in [0.5, 0.6) is 0 Å². The summed E-state index contributed by atoms with van der Waals surface area (Å²) in [5.74, 6) is 0.329. The fraction of sp³-hybridized carbons (Fsp3) is 0.438. The predicted molar refractivity (Wildman–Crippen MR) is 84.1 cm³/mol. The van der Waals surface area contributed by atoms with Gasteiger partial charge >= 0.3 is 0 Å². The number of benzene rings is 1. The second-order valence-corrected chi connectivity index (χ2v) is 5.54. The van der Waals surface area contributed by atoms with E-state index in [0.29, 0.717) is 5.92 Å². The molecule has 0 amide bonds. The molecule has 0 saturated carbocycles. The van der Waals surface area contributed by atoms with E-state index >= 15 is 0 Å². The summed E-state index contributed by atoms with van der Waals surface area (Å²) >= 11 is 6.33. The second-order valence-electron chi connectivity index (χ2n) is 5.13. The SMILES string of the molecule is CCCNC(c1c(Cl)cnn1C)C(C)c1ccccc1. The highest BCUT2D eigenvalue weighted by Gasteiger charge is 2.25. The first kappa shape index (κ1) is 15.1. The first-order valence-corrected chi connectivity index (χ1v) is 7.48. The lowest BCUT2D eigenvalue weighted by Crippen LogP contribution is -2.28. The van der Waals surface area contributed by atoms with Gasteiger partial charge in [-0.05, 0) is 18.5 Å². The molecule has 2 rings (SSSR count). The molecule has 0 radical (unpaired) electrons. The maximum absolute atomic E-state index is 6.33. The van der Waals surface area contributed by atoms with Crippen molar-refractivity contribution in [1.82, 2.24) is 15.1 Å². The maximum atomic E-state index is 6.33. The van der Waals surface area contributed by atoms with Crippen molar-refractivity contribution in [3.63, 3.8) is 0 Å². The first-order valence-electron chi connectivity index (χ1n) is 7.10. The van der Waals surface area contributed by atoms with Crippen LogP contribution in [0.2, 0.25) is 5.02 Å². The Bertz CT molecular complexity index is 516. The van der Waals surface area contributed by atoms with E-state index in [1.807, 2.05) is 17.8 Å². The van der Waals surface area contributed by atoms with Crippen LogP contribution in [0.4, 0.5) is 0 Å². The highest BCUT2D eigenvalue weighted by Crippen LogP contribution is 2.33. The Morgan fingerprint density at radius 1 is 1.30 bits per heavy atom. The Morgan fingerprint density at radius 3 is 2.55 bits per heavy atom. The Hall–Kier alpha value is -1.32. The molecule has 1 heterocycles. The topological polar surface area (TPSA) is 29.9 Å². The summed E-state index contributed by atoms with van der Waals surface area (Å²) in [5, 5.41) is 8.60. The van der Waals surface area contributed by atoms with Gasteiger partial charge in [0.1, 0.15) is 0 Å². The molecule has 0 spiro atoms. The number of nitrogens with one attached hydrogen (secondary N) is 1. The third kappa shape index (κ3) is 3.22. The number of hydrogen-bond acceptors (Lipinski definition) is 2. The van der Waals surface area contributed by atoms with E-state index in [0.717, 1.165) is 23.7 Å². The van der Waals surface area contributed by atoms with E-state index in [9.17, 15) is 0 Å². The molecule has 0 bridgehead atoms. The monoisotopic (exact) mass is 291 g/mol. The van der Waals surface area contributed by atoms with Gasteiger partial charge in [0.25, 0.3) is 0 Å². The van der Waals surface area contributed by atoms with Gasteiger partial charge in [-0.2, -0.15) is 5.10 Å². The van der Waals surface area contributed by atoms with Gasteiger partial charge in [-0.1, -0.05) is 55.8 Å². The van der Waals surface area contributed by atoms with Gasteiger partial charge in [-0.3, -0.25) is 4.68 Å². The van der Waals surface area contributed by atoms with Gasteiger partial charge in [0.2, 0.25) is 0 Å². The van der Waals surface area contributed by atoms with Crippen LogP contribution in [0.25, 0.3) is 0 Å². The minimum atomic E-state index is 0.164. The van der Waals surface area contributed by atoms with Crippen molar-refractivity contribution < 1.29 is 0 Å². The van der Waals surface area contributed by atoms with Crippen LogP contribution in [0.1, 0.15) is 43.5 Å². The summed E-state index contributed by atoms with van der Waals surface area (Å²) in [6.45, 7) is 5.36. The van der Waals surface area contributed by atoms with E-state index in [1.54, 1.807) is 6.20 Å². The van der Waals surface area contributed by atoms with Gasteiger partial charge in [0, 0.05) is 13.0 Å². The van der Waals surface area contributed by atoms with Crippen molar-refractivity contribution in [1.29, 1.82) is 0 Å². The van der Waals surface area contributed by atoms with Gasteiger partial charge in [-0.25, -0.2) is 0 Å². The van der Waals surface area contributed by atoms with Crippen LogP contribution in [-0.4, -0.2) is 16.3 Å². The fourth-order valence-corrected chi connectivity index (χ4v) is 2.81. The predicted octanol–water partition coefficient (Wildman–Crippen LogP) is 3.92. The molecule has 2 atom stereocenters. The Balaban J connectivity index is 2.33. The summed E-state index contributed by atoms with van der Waals surface area (Å²) in [6.07, 6.45) is 2.81. The van der Waals surface area contributed by atoms with E-state index in [-0.39, 0.29) is 6.04 Å². The lowest BCUT2D eigenvalue weighted by atomic mass is 9.91. The van der Waals surface area contributed by atoms with Crippen molar-refractivity contribution >= 4 is 11.6 Å². The van der Waals surface area contributed by atoms with Gasteiger partial charge < -0.3 is 5.32 Å². The number of hydrogen-bond donors (Lipinski definition) is 1. The number of halogens is 1. The third-order valence-corrected chi connectivity index (χ3v) is 3.96. The Labute approximate surface area is 126 Å². The molecule has 1 N–H and O–H groups in total. The summed E-state index contributed by atoms with van der Waals surface area (Å²) in [6, 6.07) is 10.7. The summed E-state index contributed by atoms with van der Waals surface area (Å²) < 4.78 is 1.87. The zero-order chi connectivity index (χ0) is 14.5. The van der Waals surface area contributed by atoms with Gasteiger partial charge in [-0.15, -0.1) is 0 Å². The number of aryl methyl sites for hydroxylation is 1. The van der Waals surface area contributed by atoms with Crippen molar-refractivity contribution in [2.75, 3.05) is 6.54 Å². The number of aromatic nitrogens is 2. The minimum absolute atomic E-state index is 0.164. The molecule has 0 aliphatic rings. The lowest BCUT2D eigenvalue weighted by molar-refractivity contribution is 0.439. The molecule has 2 unspecified atom stereocenters. The molecule has 0 saturated heterocycles. The summed E-state index contributed by atoms with van der Waals surface area (Å²) in [4.78, 5) is 0. The lowest BCUT2D eigenvalue weighted by Gasteiger charge is -2.26. The standard InChI is InChI=1S/C16H22ClN3/c1-4-10-18-15(16-14(17)11-19-20(16)3)12(2)13-8-6-5-7-9-13/h5-9,11-12,15,18H,4,10H2,1-3H3. The van der Waals surface area contributed by atoms with Gasteiger partial charge in [0.15, 0.2) is 0 Å². The van der Waals surface area contributed by atoms with Crippen molar-refractivity contribution in [2.45, 2.75) is 32.2 Å². The summed E-state index contributed by atoms with van der Waals surface area (Å²) in [5.41, 5.74) is 2.36. The molecule has 4 heteroatoms. The van der Waals surface area contributed by atoms with Crippen molar-refractivity contribution in [3.8, 4) is 0 Å².